The van der Waals surface area contributed by atoms with E-state index < -0.39 is 0 Å². The fraction of sp³-hybridized carbons (Fsp3) is 0.0526. The number of benzene rings is 2. The van der Waals surface area contributed by atoms with Crippen molar-refractivity contribution in [2.75, 3.05) is 0 Å². The molecule has 0 aliphatic heterocycles. The van der Waals surface area contributed by atoms with Crippen molar-refractivity contribution in [2.24, 2.45) is 0 Å². The first-order valence-corrected chi connectivity index (χ1v) is 9.29. The molecule has 5 rings (SSSR count). The van der Waals surface area contributed by atoms with Crippen LogP contribution in [0.3, 0.4) is 0 Å². The lowest BCUT2D eigenvalue weighted by Crippen LogP contribution is -1.98. The van der Waals surface area contributed by atoms with Gasteiger partial charge in [-0.2, -0.15) is 9.78 Å². The van der Waals surface area contributed by atoms with Crippen molar-refractivity contribution in [1.82, 2.24) is 24.7 Å². The minimum absolute atomic E-state index is 0.708. The molecule has 0 spiro atoms. The Bertz CT molecular complexity index is 1260. The van der Waals surface area contributed by atoms with Gasteiger partial charge < -0.3 is 0 Å². The lowest BCUT2D eigenvalue weighted by atomic mass is 10.2. The van der Waals surface area contributed by atoms with Gasteiger partial charge in [-0.1, -0.05) is 35.9 Å². The van der Waals surface area contributed by atoms with Crippen molar-refractivity contribution >= 4 is 45.1 Å². The van der Waals surface area contributed by atoms with Crippen LogP contribution in [-0.2, 0) is 0 Å². The Kier molecular flexibility index (Phi) is 3.48. The zero-order valence-electron chi connectivity index (χ0n) is 13.7. The summed E-state index contributed by atoms with van der Waals surface area (Å²) in [6, 6.07) is 15.5. The Morgan fingerprint density at radius 1 is 0.923 bits per heavy atom. The van der Waals surface area contributed by atoms with Crippen LogP contribution in [0.2, 0.25) is 5.02 Å². The van der Waals surface area contributed by atoms with E-state index in [2.05, 4.69) is 5.10 Å². The summed E-state index contributed by atoms with van der Waals surface area (Å²) >= 11 is 7.49. The first kappa shape index (κ1) is 15.4. The van der Waals surface area contributed by atoms with Gasteiger partial charge in [0.05, 0.1) is 22.4 Å². The SMILES string of the molecule is Cc1nn(-c2nc(-c3ccc(Cl)cc3)cs2)c2nc3ccccc3nc12. The number of hydrogen-bond donors (Lipinski definition) is 0. The van der Waals surface area contributed by atoms with E-state index in [1.165, 1.54) is 11.3 Å². The normalized spacial score (nSPS) is 11.5. The van der Waals surface area contributed by atoms with Crippen LogP contribution in [-0.4, -0.2) is 24.7 Å². The molecule has 2 aromatic carbocycles. The maximum Gasteiger partial charge on any atom is 0.212 e. The van der Waals surface area contributed by atoms with Gasteiger partial charge in [-0.25, -0.2) is 15.0 Å². The van der Waals surface area contributed by atoms with Gasteiger partial charge >= 0.3 is 0 Å². The molecule has 0 saturated carbocycles. The van der Waals surface area contributed by atoms with Crippen LogP contribution in [0.5, 0.6) is 0 Å². The van der Waals surface area contributed by atoms with E-state index in [1.807, 2.05) is 60.8 Å². The van der Waals surface area contributed by atoms with E-state index in [4.69, 9.17) is 26.6 Å². The van der Waals surface area contributed by atoms with Crippen LogP contribution in [0.15, 0.2) is 53.9 Å². The molecule has 0 radical (unpaired) electrons. The summed E-state index contributed by atoms with van der Waals surface area (Å²) in [6.45, 7) is 1.94. The summed E-state index contributed by atoms with van der Waals surface area (Å²) in [4.78, 5) is 14.2. The molecule has 0 atom stereocenters. The lowest BCUT2D eigenvalue weighted by molar-refractivity contribution is 0.870. The smallest absolute Gasteiger partial charge is 0.212 e. The molecule has 0 aliphatic rings. The van der Waals surface area contributed by atoms with E-state index in [9.17, 15) is 0 Å². The second-order valence-electron chi connectivity index (χ2n) is 5.90. The van der Waals surface area contributed by atoms with Gasteiger partial charge in [0, 0.05) is 16.0 Å². The molecule has 126 valence electrons. The first-order valence-electron chi connectivity index (χ1n) is 8.03. The molecule has 7 heteroatoms. The van der Waals surface area contributed by atoms with E-state index in [0.717, 1.165) is 44.3 Å². The molecule has 3 aromatic heterocycles. The molecule has 0 amide bonds. The van der Waals surface area contributed by atoms with Crippen LogP contribution in [0.25, 0.3) is 38.6 Å². The summed E-state index contributed by atoms with van der Waals surface area (Å²) in [5.41, 5.74) is 5.96. The largest absolute Gasteiger partial charge is 0.241 e. The zero-order valence-corrected chi connectivity index (χ0v) is 15.3. The predicted molar refractivity (Wildman–Crippen MR) is 105 cm³/mol. The monoisotopic (exact) mass is 377 g/mol. The standard InChI is InChI=1S/C19H12ClN5S/c1-11-17-18(22-15-5-3-2-4-14(15)21-17)25(24-11)19-23-16(10-26-19)12-6-8-13(20)9-7-12/h2-10H,1H3. The maximum absolute atomic E-state index is 5.97. The van der Waals surface area contributed by atoms with Crippen molar-refractivity contribution in [3.05, 3.63) is 64.6 Å². The Hall–Kier alpha value is -2.83. The first-order chi connectivity index (χ1) is 12.7. The van der Waals surface area contributed by atoms with Crippen LogP contribution >= 0.6 is 22.9 Å². The highest BCUT2D eigenvalue weighted by Gasteiger charge is 2.16. The van der Waals surface area contributed by atoms with Crippen LogP contribution in [0.4, 0.5) is 0 Å². The number of aryl methyl sites for hydroxylation is 1. The van der Waals surface area contributed by atoms with Gasteiger partial charge in [-0.3, -0.25) is 0 Å². The fourth-order valence-electron chi connectivity index (χ4n) is 2.87. The molecule has 0 unspecified atom stereocenters. The highest BCUT2D eigenvalue weighted by molar-refractivity contribution is 7.12. The van der Waals surface area contributed by atoms with Crippen molar-refractivity contribution in [3.63, 3.8) is 0 Å². The minimum Gasteiger partial charge on any atom is -0.241 e. The molecule has 5 aromatic rings. The number of thiazole rings is 1. The molecule has 26 heavy (non-hydrogen) atoms. The molecule has 0 saturated heterocycles. The predicted octanol–water partition coefficient (Wildman–Crippen LogP) is 5.05. The third kappa shape index (κ3) is 2.46. The van der Waals surface area contributed by atoms with Gasteiger partial charge in [0.25, 0.3) is 0 Å². The van der Waals surface area contributed by atoms with E-state index >= 15 is 0 Å². The number of halogens is 1. The molecule has 0 bridgehead atoms. The molecule has 0 fully saturated rings. The average molecular weight is 378 g/mol. The number of hydrogen-bond acceptors (Lipinski definition) is 5. The van der Waals surface area contributed by atoms with Crippen LogP contribution < -0.4 is 0 Å². The van der Waals surface area contributed by atoms with Crippen LogP contribution in [0, 0.1) is 6.92 Å². The molecule has 0 N–H and O–H groups in total. The van der Waals surface area contributed by atoms with Gasteiger partial charge in [0.15, 0.2) is 5.65 Å². The van der Waals surface area contributed by atoms with Crippen molar-refractivity contribution in [2.45, 2.75) is 6.92 Å². The summed E-state index contributed by atoms with van der Waals surface area (Å²) in [5, 5.41) is 8.10. The Morgan fingerprint density at radius 3 is 2.42 bits per heavy atom. The third-order valence-corrected chi connectivity index (χ3v) is 5.23. The Balaban J connectivity index is 1.67. The number of aromatic nitrogens is 5. The fourth-order valence-corrected chi connectivity index (χ4v) is 3.78. The number of para-hydroxylation sites is 2. The second kappa shape index (κ2) is 5.86. The maximum atomic E-state index is 5.97. The molecular weight excluding hydrogens is 366 g/mol. The average Bonchev–Trinajstić information content (AvgIpc) is 3.26. The summed E-state index contributed by atoms with van der Waals surface area (Å²) < 4.78 is 1.77. The molecule has 0 aliphatic carbocycles. The highest BCUT2D eigenvalue weighted by Crippen LogP contribution is 2.28. The number of fused-ring (bicyclic) bond motifs is 2. The highest BCUT2D eigenvalue weighted by atomic mass is 35.5. The summed E-state index contributed by atoms with van der Waals surface area (Å²) in [5.74, 6) is 0. The number of rotatable bonds is 2. The van der Waals surface area contributed by atoms with Crippen molar-refractivity contribution in [3.8, 4) is 16.4 Å². The van der Waals surface area contributed by atoms with E-state index in [-0.39, 0.29) is 0 Å². The molecule has 3 heterocycles. The zero-order chi connectivity index (χ0) is 17.7. The number of nitrogens with zero attached hydrogens (tertiary/aromatic N) is 5. The van der Waals surface area contributed by atoms with Crippen molar-refractivity contribution < 1.29 is 0 Å². The summed E-state index contributed by atoms with van der Waals surface area (Å²) in [6.07, 6.45) is 0. The summed E-state index contributed by atoms with van der Waals surface area (Å²) in [7, 11) is 0. The van der Waals surface area contributed by atoms with E-state index in [1.54, 1.807) is 4.68 Å². The van der Waals surface area contributed by atoms with Gasteiger partial charge in [0.1, 0.15) is 5.52 Å². The van der Waals surface area contributed by atoms with Crippen molar-refractivity contribution in [1.29, 1.82) is 0 Å². The topological polar surface area (TPSA) is 56.5 Å². The lowest BCUT2D eigenvalue weighted by Gasteiger charge is -2.00. The Labute approximate surface area is 157 Å². The molecule has 5 nitrogen and oxygen atoms in total. The Morgan fingerprint density at radius 2 is 1.65 bits per heavy atom. The minimum atomic E-state index is 0.708. The second-order valence-corrected chi connectivity index (χ2v) is 7.18. The van der Waals surface area contributed by atoms with Gasteiger partial charge in [-0.15, -0.1) is 11.3 Å². The molecular formula is C19H12ClN5S. The van der Waals surface area contributed by atoms with Gasteiger partial charge in [0.2, 0.25) is 5.13 Å². The van der Waals surface area contributed by atoms with Crippen LogP contribution in [0.1, 0.15) is 5.69 Å². The quantitative estimate of drug-likeness (QED) is 0.431. The third-order valence-electron chi connectivity index (χ3n) is 4.16. The van der Waals surface area contributed by atoms with Gasteiger partial charge in [-0.05, 0) is 31.2 Å². The van der Waals surface area contributed by atoms with E-state index in [0.29, 0.717) is 5.02 Å².